The molecule has 0 fully saturated rings. The zero-order chi connectivity index (χ0) is 19.1. The van der Waals surface area contributed by atoms with E-state index < -0.39 is 0 Å². The molecule has 0 aliphatic heterocycles. The predicted octanol–water partition coefficient (Wildman–Crippen LogP) is 4.28. The van der Waals surface area contributed by atoms with E-state index in [0.717, 1.165) is 5.56 Å². The molecule has 0 spiro atoms. The summed E-state index contributed by atoms with van der Waals surface area (Å²) in [5.74, 6) is 1.42. The second-order valence-electron chi connectivity index (χ2n) is 6.30. The molecule has 140 valence electrons. The highest BCUT2D eigenvalue weighted by Gasteiger charge is 2.17. The van der Waals surface area contributed by atoms with Crippen LogP contribution in [0.3, 0.4) is 0 Å². The molecule has 26 heavy (non-hydrogen) atoms. The Kier molecular flexibility index (Phi) is 7.30. The van der Waals surface area contributed by atoms with E-state index in [0.29, 0.717) is 28.1 Å². The Morgan fingerprint density at radius 3 is 2.12 bits per heavy atom. The van der Waals surface area contributed by atoms with Crippen LogP contribution in [0.1, 0.15) is 25.5 Å². The van der Waals surface area contributed by atoms with Crippen LogP contribution in [0.4, 0.5) is 5.69 Å². The van der Waals surface area contributed by atoms with Gasteiger partial charge in [0.1, 0.15) is 11.5 Å². The minimum Gasteiger partial charge on any atom is -0.497 e. The molecule has 6 heteroatoms. The Balaban J connectivity index is 2.01. The van der Waals surface area contributed by atoms with Crippen LogP contribution in [0.15, 0.2) is 42.5 Å². The number of rotatable bonds is 8. The van der Waals surface area contributed by atoms with Crippen LogP contribution in [0.5, 0.6) is 11.5 Å². The number of hydrogen-bond acceptors (Lipinski definition) is 4. The molecule has 2 rings (SSSR count). The smallest absolute Gasteiger partial charge is 0.238 e. The first-order valence-corrected chi connectivity index (χ1v) is 8.82. The summed E-state index contributed by atoms with van der Waals surface area (Å²) in [7, 11) is 3.14. The third-order valence-corrected chi connectivity index (χ3v) is 4.27. The summed E-state index contributed by atoms with van der Waals surface area (Å²) < 4.78 is 10.4. The summed E-state index contributed by atoms with van der Waals surface area (Å²) in [4.78, 5) is 12.3. The molecule has 0 saturated carbocycles. The molecule has 5 nitrogen and oxygen atoms in total. The molecule has 0 saturated heterocycles. The Bertz CT molecular complexity index is 710. The molecular weight excluding hydrogens is 352 g/mol. The van der Waals surface area contributed by atoms with E-state index in [1.807, 2.05) is 24.3 Å². The third kappa shape index (κ3) is 5.64. The SMILES string of the molecule is COc1cc(NC(=O)CNC(c2ccc(Cl)cc2)C(C)C)cc(OC)c1. The average Bonchev–Trinajstić information content (AvgIpc) is 2.62. The van der Waals surface area contributed by atoms with Crippen molar-refractivity contribution in [3.8, 4) is 11.5 Å². The van der Waals surface area contributed by atoms with Crippen LogP contribution >= 0.6 is 11.6 Å². The molecule has 1 amide bonds. The maximum atomic E-state index is 12.3. The maximum Gasteiger partial charge on any atom is 0.238 e. The fourth-order valence-electron chi connectivity index (χ4n) is 2.70. The number of hydrogen-bond donors (Lipinski definition) is 2. The van der Waals surface area contributed by atoms with Crippen molar-refractivity contribution in [1.29, 1.82) is 0 Å². The van der Waals surface area contributed by atoms with Gasteiger partial charge in [0.05, 0.1) is 20.8 Å². The Morgan fingerprint density at radius 2 is 1.62 bits per heavy atom. The highest BCUT2D eigenvalue weighted by atomic mass is 35.5. The van der Waals surface area contributed by atoms with Crippen molar-refractivity contribution in [1.82, 2.24) is 5.32 Å². The molecule has 0 heterocycles. The largest absolute Gasteiger partial charge is 0.497 e. The van der Waals surface area contributed by atoms with Crippen molar-refractivity contribution in [2.45, 2.75) is 19.9 Å². The molecule has 2 aromatic rings. The van der Waals surface area contributed by atoms with Crippen LogP contribution in [0.25, 0.3) is 0 Å². The van der Waals surface area contributed by atoms with Gasteiger partial charge in [-0.15, -0.1) is 0 Å². The Hall–Kier alpha value is -2.24. The summed E-state index contributed by atoms with van der Waals surface area (Å²) in [5, 5.41) is 6.87. The second-order valence-corrected chi connectivity index (χ2v) is 6.74. The van der Waals surface area contributed by atoms with E-state index in [9.17, 15) is 4.79 Å². The van der Waals surface area contributed by atoms with Crippen molar-refractivity contribution < 1.29 is 14.3 Å². The van der Waals surface area contributed by atoms with Gasteiger partial charge in [0, 0.05) is 35.0 Å². The highest BCUT2D eigenvalue weighted by Crippen LogP contribution is 2.26. The fraction of sp³-hybridized carbons (Fsp3) is 0.350. The number of anilines is 1. The number of amides is 1. The van der Waals surface area contributed by atoms with Gasteiger partial charge in [0.2, 0.25) is 5.91 Å². The van der Waals surface area contributed by atoms with Crippen molar-refractivity contribution in [3.05, 3.63) is 53.1 Å². The topological polar surface area (TPSA) is 59.6 Å². The number of halogens is 1. The number of nitrogens with one attached hydrogen (secondary N) is 2. The number of ether oxygens (including phenoxy) is 2. The van der Waals surface area contributed by atoms with E-state index in [4.69, 9.17) is 21.1 Å². The normalized spacial score (nSPS) is 11.9. The van der Waals surface area contributed by atoms with Crippen LogP contribution in [-0.2, 0) is 4.79 Å². The summed E-state index contributed by atoms with van der Waals surface area (Å²) in [6.45, 7) is 4.40. The first-order valence-electron chi connectivity index (χ1n) is 8.44. The third-order valence-electron chi connectivity index (χ3n) is 4.01. The zero-order valence-electron chi connectivity index (χ0n) is 15.5. The quantitative estimate of drug-likeness (QED) is 0.721. The maximum absolute atomic E-state index is 12.3. The second kappa shape index (κ2) is 9.46. The molecule has 0 aliphatic rings. The number of carbonyl (C=O) groups excluding carboxylic acids is 1. The van der Waals surface area contributed by atoms with E-state index in [1.54, 1.807) is 32.4 Å². The highest BCUT2D eigenvalue weighted by molar-refractivity contribution is 6.30. The van der Waals surface area contributed by atoms with Gasteiger partial charge in [0.15, 0.2) is 0 Å². The van der Waals surface area contributed by atoms with Gasteiger partial charge in [0.25, 0.3) is 0 Å². The number of benzene rings is 2. The molecular formula is C20H25ClN2O3. The molecule has 1 atom stereocenters. The van der Waals surface area contributed by atoms with E-state index in [1.165, 1.54) is 0 Å². The van der Waals surface area contributed by atoms with Crippen LogP contribution in [0.2, 0.25) is 5.02 Å². The zero-order valence-corrected chi connectivity index (χ0v) is 16.3. The lowest BCUT2D eigenvalue weighted by molar-refractivity contribution is -0.115. The molecule has 1 unspecified atom stereocenters. The first-order chi connectivity index (χ1) is 12.4. The standard InChI is InChI=1S/C20H25ClN2O3/c1-13(2)20(14-5-7-15(21)8-6-14)22-12-19(24)23-16-9-17(25-3)11-18(10-16)26-4/h5-11,13,20,22H,12H2,1-4H3,(H,23,24). The monoisotopic (exact) mass is 376 g/mol. The summed E-state index contributed by atoms with van der Waals surface area (Å²) >= 11 is 5.96. The minimum absolute atomic E-state index is 0.0536. The number of methoxy groups -OCH3 is 2. The lowest BCUT2D eigenvalue weighted by atomic mass is 9.96. The molecule has 2 aromatic carbocycles. The predicted molar refractivity (Wildman–Crippen MR) is 105 cm³/mol. The average molecular weight is 377 g/mol. The molecule has 0 aliphatic carbocycles. The molecule has 0 bridgehead atoms. The minimum atomic E-state index is -0.139. The van der Waals surface area contributed by atoms with Gasteiger partial charge in [-0.25, -0.2) is 0 Å². The van der Waals surface area contributed by atoms with Crippen molar-refractivity contribution >= 4 is 23.2 Å². The Labute approximate surface area is 159 Å². The van der Waals surface area contributed by atoms with Crippen LogP contribution in [-0.4, -0.2) is 26.7 Å². The Morgan fingerprint density at radius 1 is 1.04 bits per heavy atom. The summed E-state index contributed by atoms with van der Waals surface area (Å²) in [5.41, 5.74) is 1.72. The summed E-state index contributed by atoms with van der Waals surface area (Å²) in [6, 6.07) is 13.0. The van der Waals surface area contributed by atoms with Crippen molar-refractivity contribution in [2.24, 2.45) is 5.92 Å². The van der Waals surface area contributed by atoms with Gasteiger partial charge < -0.3 is 20.1 Å². The summed E-state index contributed by atoms with van der Waals surface area (Å²) in [6.07, 6.45) is 0. The lowest BCUT2D eigenvalue weighted by Gasteiger charge is -2.23. The lowest BCUT2D eigenvalue weighted by Crippen LogP contribution is -2.33. The van der Waals surface area contributed by atoms with Crippen molar-refractivity contribution in [3.63, 3.8) is 0 Å². The van der Waals surface area contributed by atoms with Gasteiger partial charge in [-0.3, -0.25) is 4.79 Å². The first kappa shape index (κ1) is 20.1. The van der Waals surface area contributed by atoms with E-state index in [2.05, 4.69) is 24.5 Å². The molecule has 2 N–H and O–H groups in total. The van der Waals surface area contributed by atoms with E-state index >= 15 is 0 Å². The van der Waals surface area contributed by atoms with Crippen molar-refractivity contribution in [2.75, 3.05) is 26.1 Å². The van der Waals surface area contributed by atoms with Crippen LogP contribution in [0, 0.1) is 5.92 Å². The van der Waals surface area contributed by atoms with Gasteiger partial charge in [-0.05, 0) is 23.6 Å². The molecule has 0 aromatic heterocycles. The van der Waals surface area contributed by atoms with Gasteiger partial charge in [-0.2, -0.15) is 0 Å². The van der Waals surface area contributed by atoms with E-state index in [-0.39, 0.29) is 18.5 Å². The van der Waals surface area contributed by atoms with Crippen LogP contribution < -0.4 is 20.1 Å². The van der Waals surface area contributed by atoms with Gasteiger partial charge in [-0.1, -0.05) is 37.6 Å². The van der Waals surface area contributed by atoms with Gasteiger partial charge >= 0.3 is 0 Å². The number of carbonyl (C=O) groups is 1. The fourth-order valence-corrected chi connectivity index (χ4v) is 2.82. The molecule has 0 radical (unpaired) electrons.